The Labute approximate surface area is 158 Å². The molecule has 4 nitrogen and oxygen atoms in total. The van der Waals surface area contributed by atoms with Gasteiger partial charge in [0.25, 0.3) is 11.5 Å². The number of amides is 1. The first kappa shape index (κ1) is 17.3. The molecule has 0 bridgehead atoms. The molecule has 0 radical (unpaired) electrons. The number of pyridine rings is 1. The Hall–Kier alpha value is -3.14. The van der Waals surface area contributed by atoms with Crippen LogP contribution >= 0.6 is 0 Å². The number of aromatic amines is 1. The van der Waals surface area contributed by atoms with Crippen LogP contribution in [-0.4, -0.2) is 10.9 Å². The number of rotatable bonds is 4. The van der Waals surface area contributed by atoms with E-state index in [0.29, 0.717) is 6.54 Å². The Bertz CT molecular complexity index is 1050. The summed E-state index contributed by atoms with van der Waals surface area (Å²) in [5.74, 6) is -0.325. The Balaban J connectivity index is 1.44. The maximum Gasteiger partial charge on any atom is 0.261 e. The minimum Gasteiger partial charge on any atom is -0.348 e. The van der Waals surface area contributed by atoms with E-state index < -0.39 is 0 Å². The van der Waals surface area contributed by atoms with Gasteiger partial charge in [-0.2, -0.15) is 0 Å². The highest BCUT2D eigenvalue weighted by Gasteiger charge is 2.17. The SMILES string of the molecule is Cc1cccc(-c2ccc(CNC(=O)c3cc4c([nH]c3=O)CCC4)cc2)c1. The lowest BCUT2D eigenvalue weighted by Crippen LogP contribution is -2.29. The van der Waals surface area contributed by atoms with Crippen molar-refractivity contribution >= 4 is 5.91 Å². The zero-order valence-electron chi connectivity index (χ0n) is 15.3. The van der Waals surface area contributed by atoms with Crippen molar-refractivity contribution in [1.82, 2.24) is 10.3 Å². The van der Waals surface area contributed by atoms with Crippen molar-refractivity contribution in [1.29, 1.82) is 0 Å². The Morgan fingerprint density at radius 3 is 2.63 bits per heavy atom. The largest absolute Gasteiger partial charge is 0.348 e. The lowest BCUT2D eigenvalue weighted by Gasteiger charge is -2.08. The lowest BCUT2D eigenvalue weighted by atomic mass is 10.0. The fourth-order valence-electron chi connectivity index (χ4n) is 3.60. The normalized spacial score (nSPS) is 12.6. The van der Waals surface area contributed by atoms with Crippen molar-refractivity contribution in [2.45, 2.75) is 32.7 Å². The van der Waals surface area contributed by atoms with Gasteiger partial charge in [0.1, 0.15) is 5.56 Å². The minimum atomic E-state index is -0.325. The van der Waals surface area contributed by atoms with Gasteiger partial charge in [-0.15, -0.1) is 0 Å². The smallest absolute Gasteiger partial charge is 0.261 e. The van der Waals surface area contributed by atoms with Crippen molar-refractivity contribution in [3.8, 4) is 11.1 Å². The van der Waals surface area contributed by atoms with Crippen LogP contribution in [0.3, 0.4) is 0 Å². The predicted molar refractivity (Wildman–Crippen MR) is 107 cm³/mol. The first-order valence-electron chi connectivity index (χ1n) is 9.29. The minimum absolute atomic E-state index is 0.201. The number of hydrogen-bond donors (Lipinski definition) is 2. The Morgan fingerprint density at radius 1 is 1.04 bits per heavy atom. The molecule has 2 N–H and O–H groups in total. The summed E-state index contributed by atoms with van der Waals surface area (Å²) in [6.07, 6.45) is 2.84. The van der Waals surface area contributed by atoms with Crippen molar-refractivity contribution in [3.63, 3.8) is 0 Å². The molecule has 1 heterocycles. The number of aryl methyl sites for hydroxylation is 3. The molecule has 4 rings (SSSR count). The number of H-pyrrole nitrogens is 1. The molecule has 1 aliphatic rings. The third-order valence-electron chi connectivity index (χ3n) is 5.09. The molecule has 0 saturated carbocycles. The molecule has 0 atom stereocenters. The van der Waals surface area contributed by atoms with Gasteiger partial charge in [-0.3, -0.25) is 9.59 Å². The van der Waals surface area contributed by atoms with Gasteiger partial charge in [0.15, 0.2) is 0 Å². The summed E-state index contributed by atoms with van der Waals surface area (Å²) in [6, 6.07) is 18.2. The third-order valence-corrected chi connectivity index (χ3v) is 5.09. The zero-order valence-corrected chi connectivity index (χ0v) is 15.3. The summed E-state index contributed by atoms with van der Waals surface area (Å²) in [5, 5.41) is 2.86. The summed E-state index contributed by atoms with van der Waals surface area (Å²) in [4.78, 5) is 27.4. The fourth-order valence-corrected chi connectivity index (χ4v) is 3.60. The van der Waals surface area contributed by atoms with E-state index in [4.69, 9.17) is 0 Å². The number of benzene rings is 2. The molecule has 136 valence electrons. The first-order valence-corrected chi connectivity index (χ1v) is 9.29. The molecule has 1 amide bonds. The van der Waals surface area contributed by atoms with Crippen LogP contribution in [0.2, 0.25) is 0 Å². The van der Waals surface area contributed by atoms with Crippen molar-refractivity contribution in [3.05, 3.63) is 92.9 Å². The van der Waals surface area contributed by atoms with E-state index in [0.717, 1.165) is 41.6 Å². The van der Waals surface area contributed by atoms with Gasteiger partial charge in [-0.1, -0.05) is 54.1 Å². The van der Waals surface area contributed by atoms with Crippen LogP contribution in [0.25, 0.3) is 11.1 Å². The molecule has 0 aliphatic heterocycles. The molecule has 1 aromatic heterocycles. The molecule has 0 saturated heterocycles. The van der Waals surface area contributed by atoms with Crippen molar-refractivity contribution in [2.75, 3.05) is 0 Å². The van der Waals surface area contributed by atoms with Gasteiger partial charge in [0.05, 0.1) is 0 Å². The molecule has 1 aliphatic carbocycles. The summed E-state index contributed by atoms with van der Waals surface area (Å²) in [6.45, 7) is 2.47. The third kappa shape index (κ3) is 3.70. The number of carbonyl (C=O) groups is 1. The van der Waals surface area contributed by atoms with Gasteiger partial charge < -0.3 is 10.3 Å². The highest BCUT2D eigenvalue weighted by Crippen LogP contribution is 2.21. The lowest BCUT2D eigenvalue weighted by molar-refractivity contribution is 0.0949. The maximum absolute atomic E-state index is 12.4. The van der Waals surface area contributed by atoms with E-state index in [2.05, 4.69) is 47.6 Å². The highest BCUT2D eigenvalue weighted by atomic mass is 16.2. The molecule has 4 heteroatoms. The predicted octanol–water partition coefficient (Wildman–Crippen LogP) is 3.77. The molecule has 0 fully saturated rings. The van der Waals surface area contributed by atoms with Crippen LogP contribution in [-0.2, 0) is 19.4 Å². The van der Waals surface area contributed by atoms with Crippen LogP contribution in [0.5, 0.6) is 0 Å². The van der Waals surface area contributed by atoms with E-state index in [1.807, 2.05) is 18.2 Å². The summed E-state index contributed by atoms with van der Waals surface area (Å²) in [5.41, 5.74) is 6.50. The van der Waals surface area contributed by atoms with Crippen LogP contribution in [0.4, 0.5) is 0 Å². The molecular formula is C23H22N2O2. The quantitative estimate of drug-likeness (QED) is 0.746. The average molecular weight is 358 g/mol. The monoisotopic (exact) mass is 358 g/mol. The first-order chi connectivity index (χ1) is 13.1. The summed E-state index contributed by atoms with van der Waals surface area (Å²) >= 11 is 0. The fraction of sp³-hybridized carbons (Fsp3) is 0.217. The molecular weight excluding hydrogens is 336 g/mol. The van der Waals surface area contributed by atoms with E-state index in [1.54, 1.807) is 6.07 Å². The second kappa shape index (κ2) is 7.23. The average Bonchev–Trinajstić information content (AvgIpc) is 3.13. The number of aromatic nitrogens is 1. The number of carbonyl (C=O) groups excluding carboxylic acids is 1. The Kier molecular flexibility index (Phi) is 4.63. The van der Waals surface area contributed by atoms with Crippen LogP contribution in [0.15, 0.2) is 59.4 Å². The standard InChI is InChI=1S/C23H22N2O2/c1-15-4-2-5-18(12-15)17-10-8-16(9-11-17)14-24-22(26)20-13-19-6-3-7-21(19)25-23(20)27/h2,4-5,8-13H,3,6-7,14H2,1H3,(H,24,26)(H,25,27). The van der Waals surface area contributed by atoms with Crippen LogP contribution in [0.1, 0.15) is 39.2 Å². The molecule has 3 aromatic rings. The van der Waals surface area contributed by atoms with E-state index in [1.165, 1.54) is 11.1 Å². The molecule has 0 unspecified atom stereocenters. The van der Waals surface area contributed by atoms with E-state index in [-0.39, 0.29) is 17.0 Å². The van der Waals surface area contributed by atoms with Gasteiger partial charge >= 0.3 is 0 Å². The van der Waals surface area contributed by atoms with Crippen molar-refractivity contribution < 1.29 is 4.79 Å². The second-order valence-corrected chi connectivity index (χ2v) is 7.12. The topological polar surface area (TPSA) is 62.0 Å². The van der Waals surface area contributed by atoms with E-state index in [9.17, 15) is 9.59 Å². The zero-order chi connectivity index (χ0) is 18.8. The summed E-state index contributed by atoms with van der Waals surface area (Å²) in [7, 11) is 0. The maximum atomic E-state index is 12.4. The Morgan fingerprint density at radius 2 is 1.85 bits per heavy atom. The van der Waals surface area contributed by atoms with Gasteiger partial charge in [-0.25, -0.2) is 0 Å². The van der Waals surface area contributed by atoms with E-state index >= 15 is 0 Å². The van der Waals surface area contributed by atoms with Crippen LogP contribution in [0, 0.1) is 6.92 Å². The summed E-state index contributed by atoms with van der Waals surface area (Å²) < 4.78 is 0. The molecule has 27 heavy (non-hydrogen) atoms. The number of fused-ring (bicyclic) bond motifs is 1. The molecule has 2 aromatic carbocycles. The second-order valence-electron chi connectivity index (χ2n) is 7.12. The highest BCUT2D eigenvalue weighted by molar-refractivity contribution is 5.94. The number of nitrogens with one attached hydrogen (secondary N) is 2. The molecule has 0 spiro atoms. The van der Waals surface area contributed by atoms with Crippen LogP contribution < -0.4 is 10.9 Å². The van der Waals surface area contributed by atoms with Gasteiger partial charge in [0.2, 0.25) is 0 Å². The van der Waals surface area contributed by atoms with Crippen molar-refractivity contribution in [2.24, 2.45) is 0 Å². The number of hydrogen-bond acceptors (Lipinski definition) is 2. The van der Waals surface area contributed by atoms with Gasteiger partial charge in [0, 0.05) is 12.2 Å². The van der Waals surface area contributed by atoms with Gasteiger partial charge in [-0.05, 0) is 54.5 Å².